The van der Waals surface area contributed by atoms with E-state index in [1.807, 2.05) is 0 Å². The molecule has 0 aliphatic heterocycles. The Bertz CT molecular complexity index is 474. The summed E-state index contributed by atoms with van der Waals surface area (Å²) in [5, 5.41) is 0. The number of aromatic amines is 1. The molecule has 82 valence electrons. The normalized spacial score (nSPS) is 25.7. The largest absolute Gasteiger partial charge is 0.385 e. The van der Waals surface area contributed by atoms with Crippen LogP contribution in [-0.2, 0) is 0 Å². The van der Waals surface area contributed by atoms with E-state index in [0.717, 1.165) is 19.3 Å². The van der Waals surface area contributed by atoms with E-state index in [9.17, 15) is 9.59 Å². The highest BCUT2D eigenvalue weighted by Crippen LogP contribution is 2.35. The van der Waals surface area contributed by atoms with Crippen molar-refractivity contribution in [2.24, 2.45) is 5.92 Å². The molecule has 1 heterocycles. The lowest BCUT2D eigenvalue weighted by molar-refractivity contribution is 0.396. The summed E-state index contributed by atoms with van der Waals surface area (Å²) in [4.78, 5) is 24.9. The van der Waals surface area contributed by atoms with Crippen molar-refractivity contribution in [2.45, 2.75) is 32.2 Å². The maximum absolute atomic E-state index is 11.6. The molecule has 5 heteroatoms. The number of hydrogen-bond acceptors (Lipinski definition) is 3. The molecule has 15 heavy (non-hydrogen) atoms. The van der Waals surface area contributed by atoms with Gasteiger partial charge in [-0.3, -0.25) is 14.3 Å². The number of nitrogens with two attached hydrogens (primary N) is 1. The maximum atomic E-state index is 11.6. The summed E-state index contributed by atoms with van der Waals surface area (Å²) in [7, 11) is 0. The molecule has 1 aliphatic carbocycles. The third-order valence-corrected chi connectivity index (χ3v) is 3.15. The van der Waals surface area contributed by atoms with Crippen LogP contribution in [0, 0.1) is 5.92 Å². The number of nitrogen functional groups attached to an aromatic ring is 1. The van der Waals surface area contributed by atoms with E-state index in [1.54, 1.807) is 0 Å². The Labute approximate surface area is 86.9 Å². The van der Waals surface area contributed by atoms with Crippen molar-refractivity contribution < 1.29 is 0 Å². The molecular weight excluding hydrogens is 194 g/mol. The van der Waals surface area contributed by atoms with Crippen molar-refractivity contribution >= 4 is 5.82 Å². The van der Waals surface area contributed by atoms with Crippen LogP contribution in [0.1, 0.15) is 32.2 Å². The maximum Gasteiger partial charge on any atom is 0.330 e. The fourth-order valence-corrected chi connectivity index (χ4v) is 2.37. The first kappa shape index (κ1) is 10.0. The Morgan fingerprint density at radius 3 is 2.73 bits per heavy atom. The van der Waals surface area contributed by atoms with Gasteiger partial charge in [0.15, 0.2) is 0 Å². The van der Waals surface area contributed by atoms with Gasteiger partial charge in [-0.25, -0.2) is 4.79 Å². The summed E-state index contributed by atoms with van der Waals surface area (Å²) in [5.41, 5.74) is 4.89. The molecule has 1 saturated carbocycles. The second-order valence-electron chi connectivity index (χ2n) is 4.21. The van der Waals surface area contributed by atoms with Crippen LogP contribution in [0.15, 0.2) is 15.7 Å². The molecule has 0 aromatic carbocycles. The zero-order valence-corrected chi connectivity index (χ0v) is 8.69. The van der Waals surface area contributed by atoms with Crippen molar-refractivity contribution in [1.29, 1.82) is 0 Å². The minimum absolute atomic E-state index is 0.134. The Hall–Kier alpha value is -1.52. The van der Waals surface area contributed by atoms with Crippen LogP contribution < -0.4 is 17.0 Å². The zero-order chi connectivity index (χ0) is 11.0. The van der Waals surface area contributed by atoms with Crippen molar-refractivity contribution in [3.63, 3.8) is 0 Å². The fraction of sp³-hybridized carbons (Fsp3) is 0.600. The van der Waals surface area contributed by atoms with Crippen LogP contribution in [-0.4, -0.2) is 9.55 Å². The monoisotopic (exact) mass is 209 g/mol. The molecule has 0 radical (unpaired) electrons. The van der Waals surface area contributed by atoms with Crippen LogP contribution >= 0.6 is 0 Å². The zero-order valence-electron chi connectivity index (χ0n) is 8.69. The van der Waals surface area contributed by atoms with E-state index in [1.165, 1.54) is 10.6 Å². The predicted molar refractivity (Wildman–Crippen MR) is 57.8 cm³/mol. The number of aromatic nitrogens is 2. The van der Waals surface area contributed by atoms with E-state index in [0.29, 0.717) is 5.92 Å². The van der Waals surface area contributed by atoms with E-state index in [-0.39, 0.29) is 11.9 Å². The van der Waals surface area contributed by atoms with Crippen molar-refractivity contribution in [2.75, 3.05) is 5.73 Å². The molecule has 1 aromatic rings. The number of hydrogen-bond donors (Lipinski definition) is 2. The van der Waals surface area contributed by atoms with Crippen molar-refractivity contribution in [1.82, 2.24) is 9.55 Å². The average Bonchev–Trinajstić information content (AvgIpc) is 2.50. The van der Waals surface area contributed by atoms with E-state index in [4.69, 9.17) is 5.73 Å². The Morgan fingerprint density at radius 1 is 1.47 bits per heavy atom. The molecule has 5 nitrogen and oxygen atoms in total. The molecule has 0 spiro atoms. The number of H-pyrrole nitrogens is 1. The molecule has 2 unspecified atom stereocenters. The number of rotatable bonds is 1. The molecule has 0 amide bonds. The first-order valence-corrected chi connectivity index (χ1v) is 5.21. The number of anilines is 1. The molecular formula is C10H15N3O2. The standard InChI is InChI=1S/C10H15N3O2/c1-6-3-2-4-7(6)13-8(11)5-9(14)12-10(13)15/h5-7H,2-4,11H2,1H3,(H,12,14,15). The summed E-state index contributed by atoms with van der Waals surface area (Å²) in [6, 6.07) is 1.40. The van der Waals surface area contributed by atoms with Gasteiger partial charge in [-0.05, 0) is 18.8 Å². The summed E-state index contributed by atoms with van der Waals surface area (Å²) in [6.07, 6.45) is 3.17. The Morgan fingerprint density at radius 2 is 2.20 bits per heavy atom. The first-order chi connectivity index (χ1) is 7.09. The van der Waals surface area contributed by atoms with Gasteiger partial charge in [-0.1, -0.05) is 13.3 Å². The van der Waals surface area contributed by atoms with Gasteiger partial charge >= 0.3 is 5.69 Å². The molecule has 3 N–H and O–H groups in total. The van der Waals surface area contributed by atoms with E-state index < -0.39 is 11.2 Å². The topological polar surface area (TPSA) is 80.9 Å². The van der Waals surface area contributed by atoms with Crippen LogP contribution in [0.5, 0.6) is 0 Å². The third-order valence-electron chi connectivity index (χ3n) is 3.15. The van der Waals surface area contributed by atoms with Gasteiger partial charge < -0.3 is 5.73 Å². The minimum Gasteiger partial charge on any atom is -0.385 e. The molecule has 2 atom stereocenters. The van der Waals surface area contributed by atoms with E-state index in [2.05, 4.69) is 11.9 Å². The summed E-state index contributed by atoms with van der Waals surface area (Å²) in [6.45, 7) is 2.11. The summed E-state index contributed by atoms with van der Waals surface area (Å²) in [5.74, 6) is 0.707. The van der Waals surface area contributed by atoms with Gasteiger partial charge in [0.05, 0.1) is 0 Å². The van der Waals surface area contributed by atoms with Crippen molar-refractivity contribution in [3.05, 3.63) is 26.9 Å². The highest BCUT2D eigenvalue weighted by Gasteiger charge is 2.27. The van der Waals surface area contributed by atoms with Gasteiger partial charge in [-0.15, -0.1) is 0 Å². The average molecular weight is 209 g/mol. The van der Waals surface area contributed by atoms with E-state index >= 15 is 0 Å². The van der Waals surface area contributed by atoms with Gasteiger partial charge in [0.25, 0.3) is 5.56 Å². The smallest absolute Gasteiger partial charge is 0.330 e. The van der Waals surface area contributed by atoms with Crippen molar-refractivity contribution in [3.8, 4) is 0 Å². The van der Waals surface area contributed by atoms with Gasteiger partial charge in [0, 0.05) is 12.1 Å². The number of nitrogens with zero attached hydrogens (tertiary/aromatic N) is 1. The highest BCUT2D eigenvalue weighted by atomic mass is 16.2. The van der Waals surface area contributed by atoms with Crippen LogP contribution in [0.2, 0.25) is 0 Å². The third kappa shape index (κ3) is 1.69. The fourth-order valence-electron chi connectivity index (χ4n) is 2.37. The van der Waals surface area contributed by atoms with Crippen LogP contribution in [0.4, 0.5) is 5.82 Å². The lowest BCUT2D eigenvalue weighted by atomic mass is 10.1. The Balaban J connectivity index is 2.52. The summed E-state index contributed by atoms with van der Waals surface area (Å²) >= 11 is 0. The molecule has 0 bridgehead atoms. The Kier molecular flexibility index (Phi) is 2.38. The van der Waals surface area contributed by atoms with Gasteiger partial charge in [0.1, 0.15) is 5.82 Å². The predicted octanol–water partition coefficient (Wildman–Crippen LogP) is 0.480. The molecule has 1 aliphatic rings. The molecule has 0 saturated heterocycles. The number of nitrogens with one attached hydrogen (secondary N) is 1. The highest BCUT2D eigenvalue weighted by molar-refractivity contribution is 5.27. The lowest BCUT2D eigenvalue weighted by Gasteiger charge is -2.19. The van der Waals surface area contributed by atoms with Gasteiger partial charge in [-0.2, -0.15) is 0 Å². The SMILES string of the molecule is CC1CCCC1n1c(N)cc(=O)[nH]c1=O. The summed E-state index contributed by atoms with van der Waals surface area (Å²) < 4.78 is 1.51. The lowest BCUT2D eigenvalue weighted by Crippen LogP contribution is -2.34. The second-order valence-corrected chi connectivity index (χ2v) is 4.21. The molecule has 1 aromatic heterocycles. The van der Waals surface area contributed by atoms with Gasteiger partial charge in [0.2, 0.25) is 0 Å². The van der Waals surface area contributed by atoms with Crippen LogP contribution in [0.25, 0.3) is 0 Å². The first-order valence-electron chi connectivity index (χ1n) is 5.21. The quantitative estimate of drug-likeness (QED) is 0.705. The minimum atomic E-state index is -0.431. The van der Waals surface area contributed by atoms with Crippen LogP contribution in [0.3, 0.4) is 0 Å². The molecule has 1 fully saturated rings. The second kappa shape index (κ2) is 3.56. The molecule has 2 rings (SSSR count).